The number of carbonyl (C=O) groups is 1. The number of amides is 2. The van der Waals surface area contributed by atoms with Gasteiger partial charge in [0.25, 0.3) is 0 Å². The Morgan fingerprint density at radius 2 is 2.12 bits per heavy atom. The summed E-state index contributed by atoms with van der Waals surface area (Å²) in [6.45, 7) is 2.12. The van der Waals surface area contributed by atoms with Gasteiger partial charge in [0.1, 0.15) is 11.9 Å². The van der Waals surface area contributed by atoms with Crippen molar-refractivity contribution >= 4 is 11.8 Å². The smallest absolute Gasteiger partial charge is 0.315 e. The predicted molar refractivity (Wildman–Crippen MR) is 93.8 cm³/mol. The molecule has 0 spiro atoms. The number of aromatic nitrogens is 2. The molecule has 7 heteroatoms. The number of urea groups is 1. The van der Waals surface area contributed by atoms with Crippen LogP contribution in [0.3, 0.4) is 0 Å². The molecule has 2 amide bonds. The van der Waals surface area contributed by atoms with Crippen molar-refractivity contribution in [2.45, 2.75) is 25.4 Å². The topological polar surface area (TPSA) is 93.9 Å². The highest BCUT2D eigenvalue weighted by molar-refractivity contribution is 5.74. The van der Waals surface area contributed by atoms with E-state index in [1.165, 1.54) is 0 Å². The monoisotopic (exact) mass is 336 g/mol. The molecule has 1 aliphatic rings. The minimum absolute atomic E-state index is 0.154. The largest absolute Gasteiger partial charge is 0.356 e. The number of piperidine rings is 1. The van der Waals surface area contributed by atoms with E-state index < -0.39 is 0 Å². The average molecular weight is 336 g/mol. The third kappa shape index (κ3) is 4.67. The molecule has 0 unspecified atom stereocenters. The fourth-order valence-electron chi connectivity index (χ4n) is 2.81. The van der Waals surface area contributed by atoms with Crippen LogP contribution < -0.4 is 15.5 Å². The zero-order valence-electron chi connectivity index (χ0n) is 13.9. The van der Waals surface area contributed by atoms with Gasteiger partial charge in [-0.2, -0.15) is 5.26 Å². The Kier molecular flexibility index (Phi) is 5.42. The lowest BCUT2D eigenvalue weighted by Gasteiger charge is -2.33. The third-order valence-electron chi connectivity index (χ3n) is 4.21. The van der Waals surface area contributed by atoms with E-state index in [0.29, 0.717) is 12.1 Å². The van der Waals surface area contributed by atoms with Gasteiger partial charge >= 0.3 is 6.03 Å². The average Bonchev–Trinajstić information content (AvgIpc) is 2.68. The van der Waals surface area contributed by atoms with Gasteiger partial charge in [-0.05, 0) is 36.6 Å². The fourth-order valence-corrected chi connectivity index (χ4v) is 2.81. The molecular weight excluding hydrogens is 316 g/mol. The molecule has 3 rings (SSSR count). The van der Waals surface area contributed by atoms with Crippen LogP contribution in [0.25, 0.3) is 0 Å². The van der Waals surface area contributed by atoms with Crippen LogP contribution in [-0.4, -0.2) is 35.1 Å². The molecule has 0 aromatic carbocycles. The number of hydrogen-bond acceptors (Lipinski definition) is 5. The van der Waals surface area contributed by atoms with Crippen molar-refractivity contribution in [2.24, 2.45) is 0 Å². The molecule has 7 nitrogen and oxygen atoms in total. The summed E-state index contributed by atoms with van der Waals surface area (Å²) in [4.78, 5) is 22.5. The first-order chi connectivity index (χ1) is 12.2. The molecule has 2 N–H and O–H groups in total. The lowest BCUT2D eigenvalue weighted by Crippen LogP contribution is -2.48. The molecule has 2 aromatic heterocycles. The van der Waals surface area contributed by atoms with Gasteiger partial charge in [-0.25, -0.2) is 9.78 Å². The number of nitrogens with one attached hydrogen (secondary N) is 2. The Labute approximate surface area is 146 Å². The van der Waals surface area contributed by atoms with E-state index in [2.05, 4.69) is 31.6 Å². The van der Waals surface area contributed by atoms with Crippen molar-refractivity contribution < 1.29 is 4.79 Å². The molecule has 1 aliphatic heterocycles. The quantitative estimate of drug-likeness (QED) is 0.888. The van der Waals surface area contributed by atoms with Crippen LogP contribution in [0, 0.1) is 11.3 Å². The van der Waals surface area contributed by atoms with Crippen molar-refractivity contribution in [1.29, 1.82) is 5.26 Å². The number of pyridine rings is 2. The van der Waals surface area contributed by atoms with Crippen LogP contribution in [0.5, 0.6) is 0 Å². The number of rotatable bonds is 4. The van der Waals surface area contributed by atoms with Crippen molar-refractivity contribution in [3.05, 3.63) is 54.0 Å². The standard InChI is InChI=1S/C18H20N6O/c19-10-14-3-4-17(21-12-14)24-8-5-16(6-9-24)23-18(25)22-13-15-2-1-7-20-11-15/h1-4,7,11-12,16H,5-6,8-9,13H2,(H2,22,23,25). The van der Waals surface area contributed by atoms with Gasteiger partial charge in [0.05, 0.1) is 5.56 Å². The molecular formula is C18H20N6O. The summed E-state index contributed by atoms with van der Waals surface area (Å²) in [5.74, 6) is 0.874. The highest BCUT2D eigenvalue weighted by atomic mass is 16.2. The molecule has 2 aromatic rings. The minimum atomic E-state index is -0.154. The van der Waals surface area contributed by atoms with Crippen molar-refractivity contribution in [1.82, 2.24) is 20.6 Å². The molecule has 0 atom stereocenters. The van der Waals surface area contributed by atoms with E-state index in [-0.39, 0.29) is 12.1 Å². The number of carbonyl (C=O) groups excluding carboxylic acids is 1. The second-order valence-electron chi connectivity index (χ2n) is 5.97. The Morgan fingerprint density at radius 1 is 1.28 bits per heavy atom. The molecule has 0 saturated carbocycles. The SMILES string of the molecule is N#Cc1ccc(N2CCC(NC(=O)NCc3cccnc3)CC2)nc1. The first-order valence-electron chi connectivity index (χ1n) is 8.29. The van der Waals surface area contributed by atoms with E-state index in [0.717, 1.165) is 37.3 Å². The number of hydrogen-bond donors (Lipinski definition) is 2. The van der Waals surface area contributed by atoms with Gasteiger partial charge < -0.3 is 15.5 Å². The van der Waals surface area contributed by atoms with Crippen molar-refractivity contribution in [2.75, 3.05) is 18.0 Å². The van der Waals surface area contributed by atoms with E-state index >= 15 is 0 Å². The van der Waals surface area contributed by atoms with Crippen LogP contribution in [0.1, 0.15) is 24.0 Å². The summed E-state index contributed by atoms with van der Waals surface area (Å²) in [5, 5.41) is 14.7. The second kappa shape index (κ2) is 8.11. The Balaban J connectivity index is 1.42. The maximum absolute atomic E-state index is 12.0. The summed E-state index contributed by atoms with van der Waals surface area (Å²) in [5.41, 5.74) is 1.53. The third-order valence-corrected chi connectivity index (χ3v) is 4.21. The lowest BCUT2D eigenvalue weighted by molar-refractivity contribution is 0.234. The second-order valence-corrected chi connectivity index (χ2v) is 5.97. The molecule has 25 heavy (non-hydrogen) atoms. The molecule has 3 heterocycles. The summed E-state index contributed by atoms with van der Waals surface area (Å²) < 4.78 is 0. The summed E-state index contributed by atoms with van der Waals surface area (Å²) in [6, 6.07) is 9.49. The number of anilines is 1. The van der Waals surface area contributed by atoms with Crippen LogP contribution in [0.4, 0.5) is 10.6 Å². The van der Waals surface area contributed by atoms with Gasteiger partial charge in [-0.3, -0.25) is 4.98 Å². The summed E-state index contributed by atoms with van der Waals surface area (Å²) in [7, 11) is 0. The van der Waals surface area contributed by atoms with Crippen LogP contribution in [0.15, 0.2) is 42.9 Å². The highest BCUT2D eigenvalue weighted by Crippen LogP contribution is 2.18. The van der Waals surface area contributed by atoms with Crippen LogP contribution >= 0.6 is 0 Å². The number of nitriles is 1. The normalized spacial score (nSPS) is 14.6. The van der Waals surface area contributed by atoms with Crippen molar-refractivity contribution in [3.8, 4) is 6.07 Å². The van der Waals surface area contributed by atoms with Gasteiger partial charge in [0.2, 0.25) is 0 Å². The molecule has 0 aliphatic carbocycles. The molecule has 0 radical (unpaired) electrons. The zero-order valence-corrected chi connectivity index (χ0v) is 13.9. The van der Waals surface area contributed by atoms with Gasteiger partial charge in [0.15, 0.2) is 0 Å². The Bertz CT molecular complexity index is 732. The van der Waals surface area contributed by atoms with Crippen molar-refractivity contribution in [3.63, 3.8) is 0 Å². The minimum Gasteiger partial charge on any atom is -0.356 e. The Morgan fingerprint density at radius 3 is 2.76 bits per heavy atom. The molecule has 1 fully saturated rings. The first-order valence-corrected chi connectivity index (χ1v) is 8.29. The highest BCUT2D eigenvalue weighted by Gasteiger charge is 2.21. The zero-order chi connectivity index (χ0) is 17.5. The predicted octanol–water partition coefficient (Wildman–Crippen LogP) is 1.82. The maximum atomic E-state index is 12.0. The van der Waals surface area contributed by atoms with Crippen LogP contribution in [0.2, 0.25) is 0 Å². The number of nitrogens with zero attached hydrogens (tertiary/aromatic N) is 4. The summed E-state index contributed by atoms with van der Waals surface area (Å²) >= 11 is 0. The molecule has 0 bridgehead atoms. The van der Waals surface area contributed by atoms with E-state index in [1.54, 1.807) is 24.7 Å². The first kappa shape index (κ1) is 16.7. The fraction of sp³-hybridized carbons (Fsp3) is 0.333. The van der Waals surface area contributed by atoms with E-state index in [4.69, 9.17) is 5.26 Å². The molecule has 1 saturated heterocycles. The van der Waals surface area contributed by atoms with E-state index in [1.807, 2.05) is 18.2 Å². The lowest BCUT2D eigenvalue weighted by atomic mass is 10.1. The van der Waals surface area contributed by atoms with E-state index in [9.17, 15) is 4.79 Å². The van der Waals surface area contributed by atoms with Gasteiger partial charge in [-0.15, -0.1) is 0 Å². The van der Waals surface area contributed by atoms with Gasteiger partial charge in [0, 0.05) is 44.3 Å². The van der Waals surface area contributed by atoms with Crippen LogP contribution in [-0.2, 0) is 6.54 Å². The summed E-state index contributed by atoms with van der Waals surface area (Å²) in [6.07, 6.45) is 6.76. The maximum Gasteiger partial charge on any atom is 0.315 e. The molecule has 128 valence electrons. The Hall–Kier alpha value is -3.14. The van der Waals surface area contributed by atoms with Gasteiger partial charge in [-0.1, -0.05) is 6.07 Å².